The van der Waals surface area contributed by atoms with Crippen molar-refractivity contribution in [2.45, 2.75) is 125 Å². The second kappa shape index (κ2) is 27.8. The van der Waals surface area contributed by atoms with Gasteiger partial charge in [-0.2, -0.15) is 0 Å². The predicted octanol–water partition coefficient (Wildman–Crippen LogP) is 28.8. The molecule has 4 aliphatic heterocycles. The maximum Gasteiger partial charge on any atom is 0.0737 e. The minimum atomic E-state index is 0.843. The van der Waals surface area contributed by atoms with Gasteiger partial charge in [-0.1, -0.05) is 143 Å². The lowest BCUT2D eigenvalue weighted by Gasteiger charge is -2.15. The molecule has 0 amide bonds. The molecule has 0 atom stereocenters. The Morgan fingerprint density at radius 2 is 0.345 bits per heavy atom. The first-order chi connectivity index (χ1) is 55.9. The molecule has 0 aliphatic carbocycles. The molecule has 16 bridgehead atoms. The van der Waals surface area contributed by atoms with Crippen molar-refractivity contribution in [3.8, 4) is 89.0 Å². The van der Waals surface area contributed by atoms with Crippen LogP contribution in [0.4, 0.5) is 0 Å². The second-order valence-electron chi connectivity index (χ2n) is 33.6. The summed E-state index contributed by atoms with van der Waals surface area (Å²) in [6, 6.07) is 64.1. The van der Waals surface area contributed by atoms with Crippen LogP contribution >= 0.6 is 0 Å². The van der Waals surface area contributed by atoms with Gasteiger partial charge in [-0.05, 0) is 367 Å². The minimum absolute atomic E-state index is 0.843. The van der Waals surface area contributed by atoms with E-state index in [1.807, 2.05) is 0 Å². The molecule has 0 saturated heterocycles. The van der Waals surface area contributed by atoms with Crippen molar-refractivity contribution in [2.24, 2.45) is 0 Å². The standard InChI is InChI=1S/C108H94N8/c1-55-41-61(7)95(62(8)42-55)103-83-29-25-79(109-83)101(80-26-30-84(110-80)104(96-63(9)43-56(2)44-64(96)10)88-34-38-92(114-88)107(91-37-33-87(103)113-91)99-69(15)49-59(5)50-70(99)16)75-23-19-21-73-53-74-22-20-24-76(78(74)54-77(73)75)102-81-27-31-85(111-81)105(97-65(11)45-57(3)46-66(97)12)89-35-39-93(115-89)108(100-71(17)51-60(6)52-72(100)18)94-40-36-90(116-94)106(86-32-28-82(102)112-86)98-67(13)47-58(4)48-68(98)14/h19-54,109,111,114,116H,1-18H3. The Labute approximate surface area is 679 Å². The number of hydrogen-bond acceptors (Lipinski definition) is 4. The zero-order chi connectivity index (χ0) is 80.3. The van der Waals surface area contributed by atoms with Crippen LogP contribution in [0.5, 0.6) is 0 Å². The average Bonchev–Trinajstić information content (AvgIpc) is 1.63. The summed E-state index contributed by atoms with van der Waals surface area (Å²) in [5, 5.41) is 4.36. The number of fused-ring (bicyclic) bond motifs is 18. The van der Waals surface area contributed by atoms with Crippen LogP contribution in [0.25, 0.3) is 203 Å². The van der Waals surface area contributed by atoms with E-state index in [9.17, 15) is 0 Å². The summed E-state index contributed by atoms with van der Waals surface area (Å²) in [7, 11) is 0. The number of aromatic amines is 4. The quantitative estimate of drug-likeness (QED) is 0.113. The summed E-state index contributed by atoms with van der Waals surface area (Å²) >= 11 is 0. The van der Waals surface area contributed by atoms with Crippen LogP contribution in [-0.4, -0.2) is 39.9 Å². The van der Waals surface area contributed by atoms with Gasteiger partial charge in [-0.25, -0.2) is 19.9 Å². The number of nitrogens with one attached hydrogen (secondary N) is 4. The second-order valence-corrected chi connectivity index (χ2v) is 33.6. The van der Waals surface area contributed by atoms with Crippen molar-refractivity contribution in [1.29, 1.82) is 0 Å². The molecule has 8 heteroatoms. The molecule has 10 heterocycles. The fourth-order valence-electron chi connectivity index (χ4n) is 20.5. The maximum absolute atomic E-state index is 5.97. The molecular formula is C108H94N8. The number of aryl methyl sites for hydroxylation is 18. The summed E-state index contributed by atoms with van der Waals surface area (Å²) < 4.78 is 0. The number of nitrogens with zero attached hydrogens (tertiary/aromatic N) is 4. The van der Waals surface area contributed by atoms with Crippen molar-refractivity contribution in [3.63, 3.8) is 0 Å². The van der Waals surface area contributed by atoms with E-state index in [4.69, 9.17) is 19.9 Å². The minimum Gasteiger partial charge on any atom is -0.354 e. The molecule has 6 aromatic heterocycles. The molecule has 9 aromatic carbocycles. The number of aromatic nitrogens is 8. The summed E-state index contributed by atoms with van der Waals surface area (Å²) in [4.78, 5) is 40.1. The SMILES string of the molecule is Cc1cc(C)c(-c2c3nc(c(-c4c(C)cc(C)cc4C)c4ccc([nH]4)c(-c4cccc5cc6cccc(-c7c8nc(c(-c9c(C)cc(C)cc9C)c9ccc([nH]9)c(-c9c(C)cc(C)cc9C)c9nc(c(-c%10c(C)cc(C)cc%10C)c%10ccc7[nH]%10)C=C9)C=C8)c6cc45)c4nc(c(-c5c(C)cc(C)cc5C)c5ccc2[nH]5)C=C4)C=C3)c(C)c1. The van der Waals surface area contributed by atoms with Crippen molar-refractivity contribution in [2.75, 3.05) is 0 Å². The molecule has 116 heavy (non-hydrogen) atoms. The first kappa shape index (κ1) is 72.9. The van der Waals surface area contributed by atoms with Gasteiger partial charge in [-0.15, -0.1) is 0 Å². The Morgan fingerprint density at radius 1 is 0.172 bits per heavy atom. The summed E-state index contributed by atoms with van der Waals surface area (Å²) in [6.45, 7) is 40.0. The van der Waals surface area contributed by atoms with Crippen molar-refractivity contribution in [1.82, 2.24) is 39.9 Å². The van der Waals surface area contributed by atoms with Gasteiger partial charge in [0.25, 0.3) is 0 Å². The molecule has 4 aliphatic rings. The number of H-pyrrole nitrogens is 4. The number of hydrogen-bond donors (Lipinski definition) is 4. The molecule has 0 fully saturated rings. The maximum atomic E-state index is 5.97. The largest absolute Gasteiger partial charge is 0.354 e. The monoisotopic (exact) mass is 1500 g/mol. The first-order valence-corrected chi connectivity index (χ1v) is 40.6. The lowest BCUT2D eigenvalue weighted by atomic mass is 9.91. The molecule has 0 spiro atoms. The van der Waals surface area contributed by atoms with E-state index in [0.717, 1.165) is 189 Å². The highest BCUT2D eigenvalue weighted by atomic mass is 14.8. The fraction of sp³-hybridized carbons (Fsp3) is 0.167. The topological polar surface area (TPSA) is 115 Å². The average molecular weight is 1500 g/mol. The van der Waals surface area contributed by atoms with E-state index < -0.39 is 0 Å². The third kappa shape index (κ3) is 12.2. The lowest BCUT2D eigenvalue weighted by Crippen LogP contribution is -1.96. The third-order valence-electron chi connectivity index (χ3n) is 24.5. The molecular weight excluding hydrogens is 1410 g/mol. The number of rotatable bonds is 8. The van der Waals surface area contributed by atoms with Gasteiger partial charge in [0, 0.05) is 88.6 Å². The highest BCUT2D eigenvalue weighted by Crippen LogP contribution is 2.48. The Bertz CT molecular complexity index is 6720. The smallest absolute Gasteiger partial charge is 0.0737 e. The summed E-state index contributed by atoms with van der Waals surface area (Å²) in [5.41, 5.74) is 53.5. The molecule has 566 valence electrons. The van der Waals surface area contributed by atoms with E-state index in [-0.39, 0.29) is 0 Å². The first-order valence-electron chi connectivity index (χ1n) is 40.6. The zero-order valence-corrected chi connectivity index (χ0v) is 69.6. The van der Waals surface area contributed by atoms with Crippen LogP contribution in [0.3, 0.4) is 0 Å². The van der Waals surface area contributed by atoms with E-state index in [0.29, 0.717) is 0 Å². The lowest BCUT2D eigenvalue weighted by molar-refractivity contribution is 1.27. The Morgan fingerprint density at radius 3 is 0.534 bits per heavy atom. The molecule has 4 N–H and O–H groups in total. The van der Waals surface area contributed by atoms with Gasteiger partial charge < -0.3 is 19.9 Å². The molecule has 0 saturated carbocycles. The normalized spacial score (nSPS) is 12.4. The van der Waals surface area contributed by atoms with Crippen LogP contribution in [-0.2, 0) is 0 Å². The van der Waals surface area contributed by atoms with E-state index in [2.05, 4.69) is 363 Å². The van der Waals surface area contributed by atoms with E-state index >= 15 is 0 Å². The Hall–Kier alpha value is -13.3. The fourth-order valence-corrected chi connectivity index (χ4v) is 20.5. The molecule has 0 unspecified atom stereocenters. The summed E-state index contributed by atoms with van der Waals surface area (Å²) in [6.07, 6.45) is 17.9. The van der Waals surface area contributed by atoms with Crippen LogP contribution in [0.15, 0.2) is 170 Å². The van der Waals surface area contributed by atoms with Gasteiger partial charge >= 0.3 is 0 Å². The van der Waals surface area contributed by atoms with Gasteiger partial charge in [0.2, 0.25) is 0 Å². The zero-order valence-electron chi connectivity index (χ0n) is 69.6. The Balaban J connectivity index is 0.933. The van der Waals surface area contributed by atoms with Crippen LogP contribution in [0.2, 0.25) is 0 Å². The third-order valence-corrected chi connectivity index (χ3v) is 24.5. The summed E-state index contributed by atoms with van der Waals surface area (Å²) in [5.74, 6) is 0. The molecule has 8 nitrogen and oxygen atoms in total. The van der Waals surface area contributed by atoms with Gasteiger partial charge in [0.05, 0.1) is 45.6 Å². The Kier molecular flexibility index (Phi) is 17.5. The van der Waals surface area contributed by atoms with Gasteiger partial charge in [0.15, 0.2) is 0 Å². The predicted molar refractivity (Wildman–Crippen MR) is 495 cm³/mol. The molecule has 19 rings (SSSR count). The van der Waals surface area contributed by atoms with Crippen molar-refractivity contribution >= 4 is 114 Å². The molecule has 15 aromatic rings. The van der Waals surface area contributed by atoms with E-state index in [1.54, 1.807) is 0 Å². The van der Waals surface area contributed by atoms with Crippen LogP contribution in [0, 0.1) is 125 Å². The highest BCUT2D eigenvalue weighted by Gasteiger charge is 2.28. The van der Waals surface area contributed by atoms with Gasteiger partial charge in [0.1, 0.15) is 0 Å². The van der Waals surface area contributed by atoms with Crippen molar-refractivity contribution < 1.29 is 0 Å². The van der Waals surface area contributed by atoms with Crippen molar-refractivity contribution in [3.05, 3.63) is 316 Å². The van der Waals surface area contributed by atoms with Crippen LogP contribution in [0.1, 0.15) is 146 Å². The van der Waals surface area contributed by atoms with Crippen LogP contribution < -0.4 is 0 Å². The van der Waals surface area contributed by atoms with E-state index in [1.165, 1.54) is 111 Å². The van der Waals surface area contributed by atoms with Gasteiger partial charge in [-0.3, -0.25) is 0 Å². The highest BCUT2D eigenvalue weighted by molar-refractivity contribution is 6.14. The molecule has 0 radical (unpaired) electrons. The number of benzene rings is 9.